The molecule has 2 aromatic rings. The molecule has 4 heteroatoms. The lowest BCUT2D eigenvalue weighted by atomic mass is 10.1. The van der Waals surface area contributed by atoms with Gasteiger partial charge in [0.1, 0.15) is 6.07 Å². The summed E-state index contributed by atoms with van der Waals surface area (Å²) in [6.45, 7) is 1.93. The highest BCUT2D eigenvalue weighted by Crippen LogP contribution is 2.22. The third kappa shape index (κ3) is 2.90. The van der Waals surface area contributed by atoms with Crippen molar-refractivity contribution in [3.05, 3.63) is 59.2 Å². The molecule has 0 aliphatic rings. The summed E-state index contributed by atoms with van der Waals surface area (Å²) in [4.78, 5) is 10.9. The molecule has 0 amide bonds. The molecule has 0 spiro atoms. The van der Waals surface area contributed by atoms with E-state index < -0.39 is 5.97 Å². The maximum Gasteiger partial charge on any atom is 0.335 e. The summed E-state index contributed by atoms with van der Waals surface area (Å²) in [5.41, 5.74) is 3.06. The Morgan fingerprint density at radius 3 is 2.74 bits per heavy atom. The van der Waals surface area contributed by atoms with Crippen molar-refractivity contribution in [3.63, 3.8) is 0 Å². The van der Waals surface area contributed by atoms with Gasteiger partial charge in [0.05, 0.1) is 16.8 Å². The Hall–Kier alpha value is -2.80. The molecule has 2 aromatic carbocycles. The monoisotopic (exact) mass is 252 g/mol. The van der Waals surface area contributed by atoms with Crippen molar-refractivity contribution in [2.45, 2.75) is 6.92 Å². The molecule has 0 unspecified atom stereocenters. The number of rotatable bonds is 3. The van der Waals surface area contributed by atoms with Crippen LogP contribution in [0.4, 0.5) is 11.4 Å². The van der Waals surface area contributed by atoms with Gasteiger partial charge in [-0.25, -0.2) is 4.79 Å². The molecule has 4 nitrogen and oxygen atoms in total. The number of benzene rings is 2. The summed E-state index contributed by atoms with van der Waals surface area (Å²) in [6, 6.07) is 14.0. The minimum Gasteiger partial charge on any atom is -0.478 e. The highest BCUT2D eigenvalue weighted by atomic mass is 16.4. The van der Waals surface area contributed by atoms with E-state index in [2.05, 4.69) is 11.4 Å². The van der Waals surface area contributed by atoms with Crippen molar-refractivity contribution in [2.24, 2.45) is 0 Å². The molecular formula is C15H12N2O2. The second-order valence-corrected chi connectivity index (χ2v) is 4.17. The second-order valence-electron chi connectivity index (χ2n) is 4.17. The average molecular weight is 252 g/mol. The highest BCUT2D eigenvalue weighted by molar-refractivity contribution is 5.89. The van der Waals surface area contributed by atoms with Gasteiger partial charge in [-0.3, -0.25) is 0 Å². The van der Waals surface area contributed by atoms with Gasteiger partial charge in [0.25, 0.3) is 0 Å². The SMILES string of the molecule is Cc1ccc(C#N)c(Nc2cccc(C(=O)O)c2)c1. The van der Waals surface area contributed by atoms with Gasteiger partial charge in [-0.1, -0.05) is 12.1 Å². The van der Waals surface area contributed by atoms with Crippen LogP contribution in [0, 0.1) is 18.3 Å². The van der Waals surface area contributed by atoms with Crippen LogP contribution < -0.4 is 5.32 Å². The zero-order valence-electron chi connectivity index (χ0n) is 10.3. The smallest absolute Gasteiger partial charge is 0.335 e. The number of aromatic carboxylic acids is 1. The van der Waals surface area contributed by atoms with Gasteiger partial charge in [-0.2, -0.15) is 5.26 Å². The molecule has 0 saturated carbocycles. The van der Waals surface area contributed by atoms with Gasteiger partial charge in [-0.05, 0) is 42.8 Å². The molecule has 0 saturated heterocycles. The first kappa shape index (κ1) is 12.7. The van der Waals surface area contributed by atoms with Crippen molar-refractivity contribution in [1.29, 1.82) is 5.26 Å². The lowest BCUT2D eigenvalue weighted by Gasteiger charge is -2.09. The highest BCUT2D eigenvalue weighted by Gasteiger charge is 2.06. The molecule has 19 heavy (non-hydrogen) atoms. The number of aryl methyl sites for hydroxylation is 1. The molecule has 0 radical (unpaired) electrons. The topological polar surface area (TPSA) is 73.1 Å². The largest absolute Gasteiger partial charge is 0.478 e. The summed E-state index contributed by atoms with van der Waals surface area (Å²) >= 11 is 0. The number of hydrogen-bond donors (Lipinski definition) is 2. The summed E-state index contributed by atoms with van der Waals surface area (Å²) in [7, 11) is 0. The third-order valence-corrected chi connectivity index (χ3v) is 2.68. The predicted molar refractivity (Wildman–Crippen MR) is 72.6 cm³/mol. The lowest BCUT2D eigenvalue weighted by molar-refractivity contribution is 0.0697. The number of hydrogen-bond acceptors (Lipinski definition) is 3. The molecule has 0 aliphatic carbocycles. The van der Waals surface area contributed by atoms with Crippen molar-refractivity contribution in [1.82, 2.24) is 0 Å². The third-order valence-electron chi connectivity index (χ3n) is 2.68. The van der Waals surface area contributed by atoms with E-state index in [-0.39, 0.29) is 5.56 Å². The van der Waals surface area contributed by atoms with Gasteiger partial charge in [0.15, 0.2) is 0 Å². The van der Waals surface area contributed by atoms with Crippen molar-refractivity contribution >= 4 is 17.3 Å². The molecule has 2 N–H and O–H groups in total. The quantitative estimate of drug-likeness (QED) is 0.878. The molecule has 0 bridgehead atoms. The van der Waals surface area contributed by atoms with Crippen LogP contribution in [-0.2, 0) is 0 Å². The molecule has 2 rings (SSSR count). The van der Waals surface area contributed by atoms with Crippen LogP contribution in [0.15, 0.2) is 42.5 Å². The zero-order chi connectivity index (χ0) is 13.8. The van der Waals surface area contributed by atoms with Crippen LogP contribution >= 0.6 is 0 Å². The number of nitrogens with zero attached hydrogens (tertiary/aromatic N) is 1. The molecule has 0 heterocycles. The van der Waals surface area contributed by atoms with E-state index in [1.807, 2.05) is 19.1 Å². The van der Waals surface area contributed by atoms with Crippen LogP contribution in [-0.4, -0.2) is 11.1 Å². The average Bonchev–Trinajstić information content (AvgIpc) is 2.39. The van der Waals surface area contributed by atoms with Crippen molar-refractivity contribution in [2.75, 3.05) is 5.32 Å². The predicted octanol–water partition coefficient (Wildman–Crippen LogP) is 3.31. The van der Waals surface area contributed by atoms with E-state index >= 15 is 0 Å². The van der Waals surface area contributed by atoms with Gasteiger partial charge < -0.3 is 10.4 Å². The lowest BCUT2D eigenvalue weighted by Crippen LogP contribution is -1.99. The van der Waals surface area contributed by atoms with Gasteiger partial charge in [0, 0.05) is 5.69 Å². The van der Waals surface area contributed by atoms with Crippen LogP contribution in [0.3, 0.4) is 0 Å². The number of carbonyl (C=O) groups is 1. The summed E-state index contributed by atoms with van der Waals surface area (Å²) < 4.78 is 0. The van der Waals surface area contributed by atoms with E-state index in [9.17, 15) is 4.79 Å². The van der Waals surface area contributed by atoms with Crippen LogP contribution in [0.25, 0.3) is 0 Å². The number of nitriles is 1. The van der Waals surface area contributed by atoms with E-state index in [1.54, 1.807) is 18.2 Å². The molecule has 0 aromatic heterocycles. The van der Waals surface area contributed by atoms with Crippen LogP contribution in [0.2, 0.25) is 0 Å². The van der Waals surface area contributed by atoms with E-state index in [0.29, 0.717) is 16.9 Å². The Morgan fingerprint density at radius 1 is 1.26 bits per heavy atom. The molecule has 0 fully saturated rings. The van der Waals surface area contributed by atoms with Crippen molar-refractivity contribution in [3.8, 4) is 6.07 Å². The minimum absolute atomic E-state index is 0.205. The Bertz CT molecular complexity index is 672. The first-order chi connectivity index (χ1) is 9.10. The molecule has 94 valence electrons. The summed E-state index contributed by atoms with van der Waals surface area (Å²) in [6.07, 6.45) is 0. The first-order valence-electron chi connectivity index (χ1n) is 5.71. The maximum absolute atomic E-state index is 10.9. The normalized spacial score (nSPS) is 9.68. The van der Waals surface area contributed by atoms with E-state index in [4.69, 9.17) is 10.4 Å². The number of carboxylic acid groups (broad SMARTS) is 1. The fourth-order valence-corrected chi connectivity index (χ4v) is 1.74. The maximum atomic E-state index is 10.9. The van der Waals surface area contributed by atoms with Crippen molar-refractivity contribution < 1.29 is 9.90 Å². The van der Waals surface area contributed by atoms with E-state index in [1.165, 1.54) is 12.1 Å². The standard InChI is InChI=1S/C15H12N2O2/c1-10-5-6-12(9-16)14(7-10)17-13-4-2-3-11(8-13)15(18)19/h2-8,17H,1H3,(H,18,19). The number of anilines is 2. The van der Waals surface area contributed by atoms with E-state index in [0.717, 1.165) is 5.56 Å². The van der Waals surface area contributed by atoms with Crippen LogP contribution in [0.5, 0.6) is 0 Å². The Kier molecular flexibility index (Phi) is 3.48. The van der Waals surface area contributed by atoms with Gasteiger partial charge in [-0.15, -0.1) is 0 Å². The number of nitrogens with one attached hydrogen (secondary N) is 1. The zero-order valence-corrected chi connectivity index (χ0v) is 10.3. The molecule has 0 aliphatic heterocycles. The summed E-state index contributed by atoms with van der Waals surface area (Å²) in [5, 5.41) is 21.1. The van der Waals surface area contributed by atoms with Gasteiger partial charge >= 0.3 is 5.97 Å². The summed E-state index contributed by atoms with van der Waals surface area (Å²) in [5.74, 6) is -0.978. The molecular weight excluding hydrogens is 240 g/mol. The minimum atomic E-state index is -0.978. The first-order valence-corrected chi connectivity index (χ1v) is 5.71. The fourth-order valence-electron chi connectivity index (χ4n) is 1.74. The molecule has 0 atom stereocenters. The second kappa shape index (κ2) is 5.23. The van der Waals surface area contributed by atoms with Crippen LogP contribution in [0.1, 0.15) is 21.5 Å². The Labute approximate surface area is 110 Å². The van der Waals surface area contributed by atoms with Gasteiger partial charge in [0.2, 0.25) is 0 Å². The number of carboxylic acids is 1. The Morgan fingerprint density at radius 2 is 2.05 bits per heavy atom. The fraction of sp³-hybridized carbons (Fsp3) is 0.0667. The Balaban J connectivity index is 2.36.